The molecule has 7 heteroatoms. The molecule has 0 aliphatic heterocycles. The standard InChI is InChI=1S/C18H20N2O4S/c1-19(25(21,22)17-10-5-4-9-16(17)24-3)15-8-6-7-14-11-12-20(13-23-2)18(14)15/h4-12H,13H2,1-3H3. The van der Waals surface area contributed by atoms with Crippen molar-refractivity contribution in [1.82, 2.24) is 4.57 Å². The van der Waals surface area contributed by atoms with Gasteiger partial charge in [-0.05, 0) is 24.3 Å². The number of nitrogens with zero attached hydrogens (tertiary/aromatic N) is 2. The number of fused-ring (bicyclic) bond motifs is 1. The van der Waals surface area contributed by atoms with E-state index in [2.05, 4.69) is 0 Å². The van der Waals surface area contributed by atoms with Crippen LogP contribution in [0.2, 0.25) is 0 Å². The van der Waals surface area contributed by atoms with Crippen LogP contribution in [-0.2, 0) is 21.5 Å². The van der Waals surface area contributed by atoms with Crippen molar-refractivity contribution in [2.24, 2.45) is 0 Å². The van der Waals surface area contributed by atoms with Crippen molar-refractivity contribution in [2.75, 3.05) is 25.6 Å². The second-order valence-electron chi connectivity index (χ2n) is 5.54. The molecule has 2 aromatic carbocycles. The van der Waals surface area contributed by atoms with Crippen LogP contribution in [0.4, 0.5) is 5.69 Å². The van der Waals surface area contributed by atoms with Crippen LogP contribution in [0.5, 0.6) is 5.75 Å². The summed E-state index contributed by atoms with van der Waals surface area (Å²) < 4.78 is 39.9. The van der Waals surface area contributed by atoms with E-state index in [0.717, 1.165) is 10.9 Å². The molecule has 0 bridgehead atoms. The maximum Gasteiger partial charge on any atom is 0.267 e. The van der Waals surface area contributed by atoms with Gasteiger partial charge in [0.2, 0.25) is 0 Å². The predicted octanol–water partition coefficient (Wildman–Crippen LogP) is 3.08. The highest BCUT2D eigenvalue weighted by atomic mass is 32.2. The van der Waals surface area contributed by atoms with Gasteiger partial charge in [0.1, 0.15) is 17.4 Å². The van der Waals surface area contributed by atoms with E-state index in [1.165, 1.54) is 11.4 Å². The summed E-state index contributed by atoms with van der Waals surface area (Å²) in [6.07, 6.45) is 1.88. The third-order valence-electron chi connectivity index (χ3n) is 4.08. The Kier molecular flexibility index (Phi) is 4.69. The lowest BCUT2D eigenvalue weighted by molar-refractivity contribution is 0.135. The summed E-state index contributed by atoms with van der Waals surface area (Å²) in [5, 5.41) is 0.941. The maximum atomic E-state index is 13.2. The summed E-state index contributed by atoms with van der Waals surface area (Å²) >= 11 is 0. The lowest BCUT2D eigenvalue weighted by Gasteiger charge is -2.22. The molecule has 0 atom stereocenters. The summed E-state index contributed by atoms with van der Waals surface area (Å²) in [5.41, 5.74) is 1.37. The number of sulfonamides is 1. The third kappa shape index (κ3) is 2.96. The molecule has 132 valence electrons. The van der Waals surface area contributed by atoms with Crippen molar-refractivity contribution in [3.63, 3.8) is 0 Å². The van der Waals surface area contributed by atoms with Crippen molar-refractivity contribution in [1.29, 1.82) is 0 Å². The number of anilines is 1. The van der Waals surface area contributed by atoms with E-state index in [-0.39, 0.29) is 4.90 Å². The van der Waals surface area contributed by atoms with Gasteiger partial charge in [0.25, 0.3) is 10.0 Å². The zero-order chi connectivity index (χ0) is 18.0. The van der Waals surface area contributed by atoms with Crippen LogP contribution in [0, 0.1) is 0 Å². The number of aromatic nitrogens is 1. The molecule has 0 radical (unpaired) electrons. The Bertz CT molecular complexity index is 995. The normalized spacial score (nSPS) is 11.6. The van der Waals surface area contributed by atoms with Gasteiger partial charge in [-0.15, -0.1) is 0 Å². The smallest absolute Gasteiger partial charge is 0.267 e. The minimum Gasteiger partial charge on any atom is -0.495 e. The topological polar surface area (TPSA) is 60.8 Å². The van der Waals surface area contributed by atoms with Gasteiger partial charge < -0.3 is 14.0 Å². The van der Waals surface area contributed by atoms with Crippen LogP contribution in [-0.4, -0.2) is 34.3 Å². The summed E-state index contributed by atoms with van der Waals surface area (Å²) in [6.45, 7) is 0.336. The van der Waals surface area contributed by atoms with E-state index in [1.807, 2.05) is 29.0 Å². The average molecular weight is 360 g/mol. The van der Waals surface area contributed by atoms with Gasteiger partial charge in [-0.1, -0.05) is 24.3 Å². The molecule has 1 aromatic heterocycles. The first kappa shape index (κ1) is 17.3. The molecule has 3 aromatic rings. The zero-order valence-electron chi connectivity index (χ0n) is 14.3. The van der Waals surface area contributed by atoms with Gasteiger partial charge >= 0.3 is 0 Å². The second-order valence-corrected chi connectivity index (χ2v) is 7.48. The predicted molar refractivity (Wildman–Crippen MR) is 97.5 cm³/mol. The van der Waals surface area contributed by atoms with Crippen LogP contribution in [0.15, 0.2) is 59.6 Å². The van der Waals surface area contributed by atoms with Crippen LogP contribution >= 0.6 is 0 Å². The summed E-state index contributed by atoms with van der Waals surface area (Å²) in [4.78, 5) is 0.127. The molecule has 1 heterocycles. The number of rotatable bonds is 6. The second kappa shape index (κ2) is 6.78. The number of methoxy groups -OCH3 is 2. The van der Waals surface area contributed by atoms with Crippen LogP contribution < -0.4 is 9.04 Å². The van der Waals surface area contributed by atoms with E-state index < -0.39 is 10.0 Å². The Morgan fingerprint density at radius 2 is 1.80 bits per heavy atom. The zero-order valence-corrected chi connectivity index (χ0v) is 15.2. The number of hydrogen-bond donors (Lipinski definition) is 0. The van der Waals surface area contributed by atoms with Crippen molar-refractivity contribution in [3.05, 3.63) is 54.7 Å². The molecule has 0 fully saturated rings. The molecule has 25 heavy (non-hydrogen) atoms. The Balaban J connectivity index is 2.16. The Labute approximate surface area is 147 Å². The van der Waals surface area contributed by atoms with Gasteiger partial charge in [-0.25, -0.2) is 8.42 Å². The molecular weight excluding hydrogens is 340 g/mol. The van der Waals surface area contributed by atoms with Gasteiger partial charge in [-0.3, -0.25) is 4.31 Å². The first-order valence-electron chi connectivity index (χ1n) is 7.69. The Hall–Kier alpha value is -2.51. The Morgan fingerprint density at radius 1 is 1.04 bits per heavy atom. The number of ether oxygens (including phenoxy) is 2. The fourth-order valence-electron chi connectivity index (χ4n) is 2.85. The monoisotopic (exact) mass is 360 g/mol. The van der Waals surface area contributed by atoms with Crippen LogP contribution in [0.25, 0.3) is 10.9 Å². The van der Waals surface area contributed by atoms with Crippen molar-refractivity contribution in [2.45, 2.75) is 11.6 Å². The molecule has 0 aliphatic rings. The van der Waals surface area contributed by atoms with Crippen molar-refractivity contribution >= 4 is 26.6 Å². The summed E-state index contributed by atoms with van der Waals surface area (Å²) in [7, 11) is 0.819. The number of para-hydroxylation sites is 2. The Morgan fingerprint density at radius 3 is 2.52 bits per heavy atom. The average Bonchev–Trinajstić information content (AvgIpc) is 3.04. The van der Waals surface area contributed by atoms with Crippen LogP contribution in [0.1, 0.15) is 0 Å². The van der Waals surface area contributed by atoms with Gasteiger partial charge in [0.15, 0.2) is 0 Å². The van der Waals surface area contributed by atoms with E-state index in [0.29, 0.717) is 18.2 Å². The fraction of sp³-hybridized carbons (Fsp3) is 0.222. The van der Waals surface area contributed by atoms with Gasteiger partial charge in [0, 0.05) is 25.7 Å². The largest absolute Gasteiger partial charge is 0.495 e. The minimum absolute atomic E-state index is 0.127. The van der Waals surface area contributed by atoms with Crippen molar-refractivity contribution in [3.8, 4) is 5.75 Å². The molecule has 3 rings (SSSR count). The molecule has 0 aliphatic carbocycles. The van der Waals surface area contributed by atoms with E-state index >= 15 is 0 Å². The van der Waals surface area contributed by atoms with E-state index in [4.69, 9.17) is 9.47 Å². The summed E-state index contributed by atoms with van der Waals surface area (Å²) in [5.74, 6) is 0.314. The molecule has 0 spiro atoms. The summed E-state index contributed by atoms with van der Waals surface area (Å²) in [6, 6.07) is 14.1. The minimum atomic E-state index is -3.78. The SMILES string of the molecule is COCn1ccc2cccc(N(C)S(=O)(=O)c3ccccc3OC)c21. The highest BCUT2D eigenvalue weighted by molar-refractivity contribution is 7.93. The molecule has 0 unspecified atom stereocenters. The lowest BCUT2D eigenvalue weighted by atomic mass is 10.2. The fourth-order valence-corrected chi connectivity index (χ4v) is 4.21. The molecule has 0 saturated carbocycles. The highest BCUT2D eigenvalue weighted by Crippen LogP contribution is 2.33. The van der Waals surface area contributed by atoms with Gasteiger partial charge in [-0.2, -0.15) is 0 Å². The van der Waals surface area contributed by atoms with E-state index in [1.54, 1.807) is 44.5 Å². The van der Waals surface area contributed by atoms with Gasteiger partial charge in [0.05, 0.1) is 18.3 Å². The maximum absolute atomic E-state index is 13.2. The first-order valence-corrected chi connectivity index (χ1v) is 9.13. The molecule has 0 saturated heterocycles. The highest BCUT2D eigenvalue weighted by Gasteiger charge is 2.26. The van der Waals surface area contributed by atoms with Crippen LogP contribution in [0.3, 0.4) is 0 Å². The third-order valence-corrected chi connectivity index (χ3v) is 5.89. The van der Waals surface area contributed by atoms with Crippen molar-refractivity contribution < 1.29 is 17.9 Å². The molecule has 6 nitrogen and oxygen atoms in total. The molecule has 0 N–H and O–H groups in total. The lowest BCUT2D eigenvalue weighted by Crippen LogP contribution is -2.27. The molecular formula is C18H20N2O4S. The number of hydrogen-bond acceptors (Lipinski definition) is 4. The first-order chi connectivity index (χ1) is 12.0. The van der Waals surface area contributed by atoms with E-state index in [9.17, 15) is 8.42 Å². The number of benzene rings is 2. The molecule has 0 amide bonds. The quantitative estimate of drug-likeness (QED) is 0.678.